The number of anilines is 2. The molecule has 0 unspecified atom stereocenters. The molecule has 6 aromatic rings. The predicted octanol–water partition coefficient (Wildman–Crippen LogP) is 9.25. The van der Waals surface area contributed by atoms with Crippen LogP contribution in [0, 0.1) is 0 Å². The van der Waals surface area contributed by atoms with Gasteiger partial charge in [-0.15, -0.1) is 0 Å². The maximum atomic E-state index is 6.79. The Labute approximate surface area is 295 Å². The lowest BCUT2D eigenvalue weighted by Gasteiger charge is -2.28. The fourth-order valence-corrected chi connectivity index (χ4v) is 10.5. The van der Waals surface area contributed by atoms with E-state index in [9.17, 15) is 0 Å². The van der Waals surface area contributed by atoms with Crippen molar-refractivity contribution in [3.05, 3.63) is 169 Å². The summed E-state index contributed by atoms with van der Waals surface area (Å²) in [6.45, 7) is 5.24. The molecule has 6 aromatic carbocycles. The maximum absolute atomic E-state index is 6.79. The van der Waals surface area contributed by atoms with Crippen molar-refractivity contribution >= 4 is 68.8 Å². The zero-order valence-electron chi connectivity index (χ0n) is 27.1. The van der Waals surface area contributed by atoms with Crippen LogP contribution in [-0.4, -0.2) is 18.3 Å². The molecule has 0 saturated carbocycles. The topological polar surface area (TPSA) is 42.5 Å². The number of hydrogen-bond donors (Lipinski definition) is 2. The van der Waals surface area contributed by atoms with Crippen LogP contribution in [0.25, 0.3) is 0 Å². The molecule has 0 heterocycles. The van der Waals surface area contributed by atoms with Gasteiger partial charge in [0.25, 0.3) is 0 Å². The molecule has 6 rings (SSSR count). The summed E-state index contributed by atoms with van der Waals surface area (Å²) in [5.41, 5.74) is 1.82. The van der Waals surface area contributed by atoms with Crippen molar-refractivity contribution < 1.29 is 9.47 Å². The summed E-state index contributed by atoms with van der Waals surface area (Å²) >= 11 is 12.1. The number of hydrogen-bond acceptors (Lipinski definition) is 3. The van der Waals surface area contributed by atoms with Gasteiger partial charge in [-0.3, -0.25) is 0 Å². The third-order valence-corrected chi connectivity index (χ3v) is 12.5. The van der Waals surface area contributed by atoms with E-state index in [4.69, 9.17) is 33.3 Å². The molecule has 0 fully saturated rings. The summed E-state index contributed by atoms with van der Waals surface area (Å²) in [5.74, 6) is 1.69. The lowest BCUT2D eigenvalue weighted by molar-refractivity contribution is 0.340. The highest BCUT2D eigenvalue weighted by Crippen LogP contribution is 2.55. The second kappa shape index (κ2) is 17.5. The molecular weight excluding hydrogens is 651 g/mol. The number of ether oxygens (including phenoxy) is 2. The average Bonchev–Trinajstić information content (AvgIpc) is 3.13. The van der Waals surface area contributed by atoms with Gasteiger partial charge in [0.05, 0.1) is 18.2 Å². The first-order valence-electron chi connectivity index (χ1n) is 15.9. The van der Waals surface area contributed by atoms with Gasteiger partial charge in [-0.1, -0.05) is 78.3 Å². The smallest absolute Gasteiger partial charge is 0.175 e. The van der Waals surface area contributed by atoms with E-state index in [1.165, 1.54) is 21.2 Å². The van der Waals surface area contributed by atoms with Gasteiger partial charge in [-0.2, -0.15) is 0 Å². The number of halogens is 1. The van der Waals surface area contributed by atoms with E-state index in [0.717, 1.165) is 27.9 Å². The van der Waals surface area contributed by atoms with Gasteiger partial charge in [0, 0.05) is 11.4 Å². The van der Waals surface area contributed by atoms with Gasteiger partial charge in [0.2, 0.25) is 0 Å². The standard InChI is InChI=1S/C24H19ClP.C17H20N2O2S/c25-23-18-10-11-19-24(23)26(20-12-4-1-5-13-20,21-14-6-2-7-15-21)22-16-8-3-9-17-22;1-3-20-15-9-5-13(6-10-15)18-17(22)19-14-7-11-16(12-8-14)21-4-2/h1-19H;5-12H,3-4H2,1-2H3,(H2,18,19,22)/q+1;. The highest BCUT2D eigenvalue weighted by molar-refractivity contribution is 8.01. The number of nitrogens with one attached hydrogen (secondary N) is 2. The Morgan fingerprint density at radius 1 is 0.521 bits per heavy atom. The third-order valence-electron chi connectivity index (χ3n) is 7.49. The summed E-state index contributed by atoms with van der Waals surface area (Å²) in [6, 6.07) is 55.9. The molecule has 0 bridgehead atoms. The van der Waals surface area contributed by atoms with E-state index in [1.54, 1.807) is 0 Å². The van der Waals surface area contributed by atoms with Crippen LogP contribution in [0.5, 0.6) is 11.5 Å². The second-order valence-corrected chi connectivity index (χ2v) is 14.8. The highest BCUT2D eigenvalue weighted by atomic mass is 35.5. The molecule has 0 aliphatic heterocycles. The van der Waals surface area contributed by atoms with Gasteiger partial charge in [-0.25, -0.2) is 0 Å². The minimum Gasteiger partial charge on any atom is -0.494 e. The largest absolute Gasteiger partial charge is 0.494 e. The average molecular weight is 690 g/mol. The zero-order valence-corrected chi connectivity index (χ0v) is 29.5. The molecule has 7 heteroatoms. The van der Waals surface area contributed by atoms with Crippen LogP contribution in [-0.2, 0) is 0 Å². The molecule has 0 spiro atoms. The molecule has 0 radical (unpaired) electrons. The van der Waals surface area contributed by atoms with Gasteiger partial charge in [0.15, 0.2) is 5.11 Å². The van der Waals surface area contributed by atoms with E-state index >= 15 is 0 Å². The molecule has 0 atom stereocenters. The summed E-state index contributed by atoms with van der Waals surface area (Å²) in [5, 5.41) is 12.7. The molecule has 0 aliphatic carbocycles. The number of thiocarbonyl (C=S) groups is 1. The first-order chi connectivity index (χ1) is 23.5. The Kier molecular flexibility index (Phi) is 12.6. The minimum absolute atomic E-state index is 0.535. The Hall–Kier alpha value is -4.67. The molecule has 0 aliphatic rings. The zero-order chi connectivity index (χ0) is 33.6. The molecule has 48 heavy (non-hydrogen) atoms. The van der Waals surface area contributed by atoms with Crippen molar-refractivity contribution in [1.29, 1.82) is 0 Å². The highest BCUT2D eigenvalue weighted by Gasteiger charge is 2.48. The first-order valence-corrected chi connectivity index (χ1v) is 18.5. The van der Waals surface area contributed by atoms with E-state index < -0.39 is 7.26 Å². The molecule has 0 saturated heterocycles. The lowest BCUT2D eigenvalue weighted by atomic mass is 10.3. The lowest BCUT2D eigenvalue weighted by Crippen LogP contribution is -2.39. The monoisotopic (exact) mass is 689 g/mol. The Morgan fingerprint density at radius 3 is 1.23 bits per heavy atom. The predicted molar refractivity (Wildman–Crippen MR) is 211 cm³/mol. The fourth-order valence-electron chi connectivity index (χ4n) is 5.44. The van der Waals surface area contributed by atoms with Gasteiger partial charge >= 0.3 is 0 Å². The summed E-state index contributed by atoms with van der Waals surface area (Å²) in [4.78, 5) is 0. The summed E-state index contributed by atoms with van der Waals surface area (Å²) in [7, 11) is -2.08. The van der Waals surface area contributed by atoms with Crippen LogP contribution in [0.4, 0.5) is 11.4 Å². The Morgan fingerprint density at radius 2 is 0.875 bits per heavy atom. The van der Waals surface area contributed by atoms with Crippen molar-refractivity contribution in [2.24, 2.45) is 0 Å². The van der Waals surface area contributed by atoms with Crippen LogP contribution >= 0.6 is 31.1 Å². The molecule has 242 valence electrons. The van der Waals surface area contributed by atoms with Crippen LogP contribution in [0.3, 0.4) is 0 Å². The Balaban J connectivity index is 0.000000191. The minimum atomic E-state index is -2.08. The molecule has 0 amide bonds. The van der Waals surface area contributed by atoms with Crippen LogP contribution < -0.4 is 41.3 Å². The first kappa shape index (κ1) is 34.7. The van der Waals surface area contributed by atoms with Gasteiger partial charge < -0.3 is 20.1 Å². The SMILES string of the molecule is CCOc1ccc(NC(=S)Nc2ccc(OCC)cc2)cc1.Clc1ccccc1[P+](c1ccccc1)(c1ccccc1)c1ccccc1. The van der Waals surface area contributed by atoms with Crippen LogP contribution in [0.15, 0.2) is 164 Å². The van der Waals surface area contributed by atoms with Gasteiger partial charge in [-0.05, 0) is 123 Å². The number of benzene rings is 6. The molecule has 0 aromatic heterocycles. The quantitative estimate of drug-likeness (QED) is 0.111. The summed E-state index contributed by atoms with van der Waals surface area (Å²) in [6.07, 6.45) is 0. The van der Waals surface area contributed by atoms with E-state index in [-0.39, 0.29) is 0 Å². The third kappa shape index (κ3) is 8.62. The summed E-state index contributed by atoms with van der Waals surface area (Å²) < 4.78 is 10.8. The van der Waals surface area contributed by atoms with E-state index in [2.05, 4.69) is 114 Å². The van der Waals surface area contributed by atoms with E-state index in [0.29, 0.717) is 18.3 Å². The second-order valence-electron chi connectivity index (χ2n) is 10.6. The van der Waals surface area contributed by atoms with Crippen molar-refractivity contribution in [2.75, 3.05) is 23.8 Å². The number of rotatable bonds is 10. The normalized spacial score (nSPS) is 10.6. The van der Waals surface area contributed by atoms with Crippen molar-refractivity contribution in [3.63, 3.8) is 0 Å². The molecular formula is C41H39ClN2O2PS+. The molecule has 4 nitrogen and oxygen atoms in total. The van der Waals surface area contributed by atoms with Gasteiger partial charge in [0.1, 0.15) is 40.0 Å². The Bertz CT molecular complexity index is 1710. The maximum Gasteiger partial charge on any atom is 0.175 e. The van der Waals surface area contributed by atoms with Crippen molar-refractivity contribution in [3.8, 4) is 11.5 Å². The fraction of sp³-hybridized carbons (Fsp3) is 0.0976. The van der Waals surface area contributed by atoms with E-state index in [1.807, 2.05) is 74.5 Å². The molecule has 2 N–H and O–H groups in total. The van der Waals surface area contributed by atoms with Crippen LogP contribution in [0.1, 0.15) is 13.8 Å². The van der Waals surface area contributed by atoms with Crippen molar-refractivity contribution in [2.45, 2.75) is 13.8 Å². The van der Waals surface area contributed by atoms with Crippen molar-refractivity contribution in [1.82, 2.24) is 0 Å². The van der Waals surface area contributed by atoms with Crippen LogP contribution in [0.2, 0.25) is 5.02 Å².